The van der Waals surface area contributed by atoms with Gasteiger partial charge in [0.1, 0.15) is 0 Å². The third-order valence-electron chi connectivity index (χ3n) is 1.28. The van der Waals surface area contributed by atoms with E-state index in [-0.39, 0.29) is 5.97 Å². The van der Waals surface area contributed by atoms with Gasteiger partial charge in [0.05, 0.1) is 0 Å². The van der Waals surface area contributed by atoms with Crippen molar-refractivity contribution >= 4 is 24.8 Å². The van der Waals surface area contributed by atoms with E-state index < -0.39 is 18.8 Å². The van der Waals surface area contributed by atoms with Crippen molar-refractivity contribution in [2.24, 2.45) is 0 Å². The molecule has 0 aliphatic carbocycles. The molecule has 0 saturated carbocycles. The minimum atomic E-state index is -3.07. The van der Waals surface area contributed by atoms with E-state index in [0.717, 1.165) is 0 Å². The Balaban J connectivity index is 4.54. The molecule has 0 heterocycles. The molecule has 0 fully saturated rings. The standard InChI is InChI=1S/C2H4O2.3C2H3.Sn/c1-2(3)4;3*1-2;/h1H3,(H,3,4);3*1H,2H2;/q;;;;+1/p-1. The van der Waals surface area contributed by atoms with Gasteiger partial charge < -0.3 is 0 Å². The predicted molar refractivity (Wildman–Crippen MR) is 48.1 cm³/mol. The summed E-state index contributed by atoms with van der Waals surface area (Å²) in [7, 11) is 0. The van der Waals surface area contributed by atoms with Crippen LogP contribution in [0.3, 0.4) is 0 Å². The van der Waals surface area contributed by atoms with E-state index in [0.29, 0.717) is 0 Å². The fourth-order valence-corrected chi connectivity index (χ4v) is 4.19. The molecule has 0 aliphatic rings. The van der Waals surface area contributed by atoms with Crippen LogP contribution in [0, 0.1) is 0 Å². The molecule has 0 atom stereocenters. The molecule has 0 spiro atoms. The van der Waals surface area contributed by atoms with Crippen LogP contribution < -0.4 is 0 Å². The van der Waals surface area contributed by atoms with Gasteiger partial charge in [-0.05, 0) is 0 Å². The van der Waals surface area contributed by atoms with Crippen LogP contribution in [0.4, 0.5) is 0 Å². The molecule has 3 heteroatoms. The topological polar surface area (TPSA) is 26.3 Å². The van der Waals surface area contributed by atoms with Crippen LogP contribution in [0.1, 0.15) is 6.92 Å². The zero-order valence-electron chi connectivity index (χ0n) is 6.67. The maximum atomic E-state index is 10.6. The second-order valence-electron chi connectivity index (χ2n) is 2.06. The molecule has 0 aromatic carbocycles. The van der Waals surface area contributed by atoms with Gasteiger partial charge in [0.15, 0.2) is 0 Å². The summed E-state index contributed by atoms with van der Waals surface area (Å²) in [6, 6.07) is 0. The Morgan fingerprint density at radius 1 is 1.27 bits per heavy atom. The second kappa shape index (κ2) is 4.38. The summed E-state index contributed by atoms with van der Waals surface area (Å²) in [5, 5.41) is 0. The Morgan fingerprint density at radius 3 is 1.73 bits per heavy atom. The third-order valence-corrected chi connectivity index (χ3v) is 8.57. The van der Waals surface area contributed by atoms with E-state index in [2.05, 4.69) is 19.7 Å². The van der Waals surface area contributed by atoms with Crippen molar-refractivity contribution in [3.05, 3.63) is 32.0 Å². The number of hydrogen-bond donors (Lipinski definition) is 0. The van der Waals surface area contributed by atoms with Crippen molar-refractivity contribution in [2.75, 3.05) is 0 Å². The normalized spacial score (nSPS) is 9.91. The minimum absolute atomic E-state index is 0.291. The first-order valence-corrected chi connectivity index (χ1v) is 9.31. The van der Waals surface area contributed by atoms with Crippen molar-refractivity contribution in [1.29, 1.82) is 0 Å². The molecule has 0 aromatic heterocycles. The molecule has 0 bridgehead atoms. The van der Waals surface area contributed by atoms with Gasteiger partial charge in [0.2, 0.25) is 0 Å². The molecular formula is C8H12O2Sn. The average molecular weight is 259 g/mol. The molecule has 0 radical (unpaired) electrons. The van der Waals surface area contributed by atoms with Gasteiger partial charge in [-0.1, -0.05) is 0 Å². The Morgan fingerprint density at radius 2 is 1.64 bits per heavy atom. The Labute approximate surface area is 71.7 Å². The molecule has 0 saturated heterocycles. The maximum absolute atomic E-state index is 10.6. The van der Waals surface area contributed by atoms with Crippen LogP contribution in [0.15, 0.2) is 32.0 Å². The van der Waals surface area contributed by atoms with Crippen LogP contribution in [-0.2, 0) is 7.87 Å². The van der Waals surface area contributed by atoms with Crippen molar-refractivity contribution in [1.82, 2.24) is 0 Å². The van der Waals surface area contributed by atoms with Gasteiger partial charge >= 0.3 is 71.6 Å². The molecule has 0 aliphatic heterocycles. The van der Waals surface area contributed by atoms with Gasteiger partial charge in [0.25, 0.3) is 0 Å². The van der Waals surface area contributed by atoms with Crippen molar-refractivity contribution in [2.45, 2.75) is 6.92 Å². The Kier molecular flexibility index (Phi) is 4.18. The molecule has 0 rings (SSSR count). The first-order chi connectivity index (χ1) is 5.10. The first kappa shape index (κ1) is 10.5. The monoisotopic (exact) mass is 260 g/mol. The van der Waals surface area contributed by atoms with E-state index in [1.807, 2.05) is 0 Å². The summed E-state index contributed by atoms with van der Waals surface area (Å²) in [5.41, 5.74) is 0. The van der Waals surface area contributed by atoms with E-state index in [1.54, 1.807) is 12.3 Å². The number of carbonyl (C=O) groups excluding carboxylic acids is 1. The molecule has 2 nitrogen and oxygen atoms in total. The summed E-state index contributed by atoms with van der Waals surface area (Å²) in [6.07, 6.45) is 0. The van der Waals surface area contributed by atoms with E-state index in [9.17, 15) is 4.79 Å². The summed E-state index contributed by atoms with van der Waals surface area (Å²) in [4.78, 5) is 10.6. The molecule has 0 N–H and O–H groups in total. The molecular weight excluding hydrogens is 247 g/mol. The van der Waals surface area contributed by atoms with Crippen molar-refractivity contribution < 1.29 is 7.87 Å². The van der Waals surface area contributed by atoms with Crippen molar-refractivity contribution in [3.8, 4) is 0 Å². The SMILES string of the molecule is C=[CH][Sn]([CH]=C)([CH]=C)[O]C(C)=O. The number of carbonyl (C=O) groups is 1. The number of hydrogen-bond acceptors (Lipinski definition) is 2. The first-order valence-electron chi connectivity index (χ1n) is 3.20. The van der Waals surface area contributed by atoms with Gasteiger partial charge in [0, 0.05) is 0 Å². The zero-order chi connectivity index (χ0) is 8.91. The van der Waals surface area contributed by atoms with Crippen LogP contribution in [0.5, 0.6) is 0 Å². The van der Waals surface area contributed by atoms with Gasteiger partial charge in [-0.25, -0.2) is 0 Å². The molecule has 60 valence electrons. The van der Waals surface area contributed by atoms with Crippen LogP contribution in [-0.4, -0.2) is 24.8 Å². The van der Waals surface area contributed by atoms with Gasteiger partial charge in [-0.2, -0.15) is 0 Å². The molecule has 0 aromatic rings. The van der Waals surface area contributed by atoms with Crippen molar-refractivity contribution in [3.63, 3.8) is 0 Å². The zero-order valence-corrected chi connectivity index (χ0v) is 9.52. The van der Waals surface area contributed by atoms with Crippen LogP contribution >= 0.6 is 0 Å². The van der Waals surface area contributed by atoms with E-state index >= 15 is 0 Å². The van der Waals surface area contributed by atoms with E-state index in [1.165, 1.54) is 6.92 Å². The van der Waals surface area contributed by atoms with Gasteiger partial charge in [-0.3, -0.25) is 0 Å². The fraction of sp³-hybridized carbons (Fsp3) is 0.125. The van der Waals surface area contributed by atoms with Gasteiger partial charge in [-0.15, -0.1) is 0 Å². The predicted octanol–water partition coefficient (Wildman–Crippen LogP) is 1.67. The third kappa shape index (κ3) is 2.92. The summed E-state index contributed by atoms with van der Waals surface area (Å²) in [5.74, 6) is -0.291. The number of rotatable bonds is 4. The second-order valence-corrected chi connectivity index (χ2v) is 11.0. The molecule has 11 heavy (non-hydrogen) atoms. The van der Waals surface area contributed by atoms with Crippen LogP contribution in [0.25, 0.3) is 0 Å². The Hall–Kier alpha value is -0.511. The Bertz CT molecular complexity index is 174. The summed E-state index contributed by atoms with van der Waals surface area (Å²) >= 11 is -3.07. The average Bonchev–Trinajstić information content (AvgIpc) is 2.00. The fourth-order valence-electron chi connectivity index (χ4n) is 0.624. The van der Waals surface area contributed by atoms with Crippen LogP contribution in [0.2, 0.25) is 0 Å². The molecule has 0 amide bonds. The summed E-state index contributed by atoms with van der Waals surface area (Å²) < 4.78 is 10.1. The molecule has 0 unspecified atom stereocenters. The van der Waals surface area contributed by atoms with E-state index in [4.69, 9.17) is 3.07 Å². The quantitative estimate of drug-likeness (QED) is 0.718. The summed E-state index contributed by atoms with van der Waals surface area (Å²) in [6.45, 7) is 12.2.